The number of rotatable bonds is 4. The molecule has 0 aliphatic rings. The van der Waals surface area contributed by atoms with Gasteiger partial charge < -0.3 is 9.84 Å². The molecule has 0 amide bonds. The van der Waals surface area contributed by atoms with E-state index in [9.17, 15) is 14.9 Å². The van der Waals surface area contributed by atoms with Gasteiger partial charge in [0.1, 0.15) is 0 Å². The molecule has 8 nitrogen and oxygen atoms in total. The quantitative estimate of drug-likeness (QED) is 0.659. The lowest BCUT2D eigenvalue weighted by molar-refractivity contribution is -0.385. The standard InChI is InChI=1S/C11H7N3O5/c15-11(16)7-5-13-10(6-12-7)19-9-4-2-1-3-8(9)14(17)18/h1-6H,(H,15,16). The molecule has 0 unspecified atom stereocenters. The van der Waals surface area contributed by atoms with Crippen LogP contribution in [0.15, 0.2) is 36.7 Å². The molecule has 2 rings (SSSR count). The second kappa shape index (κ2) is 5.08. The zero-order chi connectivity index (χ0) is 13.8. The van der Waals surface area contributed by atoms with Gasteiger partial charge in [-0.25, -0.2) is 14.8 Å². The van der Waals surface area contributed by atoms with E-state index in [2.05, 4.69) is 9.97 Å². The van der Waals surface area contributed by atoms with E-state index in [0.717, 1.165) is 12.4 Å². The number of hydrogen-bond donors (Lipinski definition) is 1. The van der Waals surface area contributed by atoms with Crippen molar-refractivity contribution in [2.24, 2.45) is 0 Å². The Balaban J connectivity index is 2.26. The molecule has 0 saturated carbocycles. The van der Waals surface area contributed by atoms with Crippen molar-refractivity contribution >= 4 is 11.7 Å². The maximum Gasteiger partial charge on any atom is 0.356 e. The van der Waals surface area contributed by atoms with Crippen molar-refractivity contribution in [1.29, 1.82) is 0 Å². The minimum atomic E-state index is -1.22. The highest BCUT2D eigenvalue weighted by Gasteiger charge is 2.15. The van der Waals surface area contributed by atoms with Crippen molar-refractivity contribution in [3.05, 3.63) is 52.5 Å². The van der Waals surface area contributed by atoms with Gasteiger partial charge in [0.25, 0.3) is 0 Å². The first-order valence-corrected chi connectivity index (χ1v) is 5.04. The van der Waals surface area contributed by atoms with Gasteiger partial charge in [-0.1, -0.05) is 12.1 Å². The first kappa shape index (κ1) is 12.4. The van der Waals surface area contributed by atoms with E-state index < -0.39 is 10.9 Å². The number of carboxylic acid groups (broad SMARTS) is 1. The third kappa shape index (κ3) is 2.80. The molecule has 1 aromatic carbocycles. The van der Waals surface area contributed by atoms with Gasteiger partial charge in [-0.2, -0.15) is 0 Å². The highest BCUT2D eigenvalue weighted by Crippen LogP contribution is 2.29. The minimum absolute atomic E-state index is 0.00451. The first-order valence-electron chi connectivity index (χ1n) is 5.04. The van der Waals surface area contributed by atoms with Crippen molar-refractivity contribution in [2.45, 2.75) is 0 Å². The van der Waals surface area contributed by atoms with Gasteiger partial charge in [-0.3, -0.25) is 10.1 Å². The number of aromatic nitrogens is 2. The Morgan fingerprint density at radius 3 is 2.58 bits per heavy atom. The number of carbonyl (C=O) groups is 1. The number of nitro groups is 1. The Bertz CT molecular complexity index is 626. The summed E-state index contributed by atoms with van der Waals surface area (Å²) >= 11 is 0. The second-order valence-corrected chi connectivity index (χ2v) is 3.37. The van der Waals surface area contributed by atoms with Crippen LogP contribution in [0.1, 0.15) is 10.5 Å². The summed E-state index contributed by atoms with van der Waals surface area (Å²) in [5.41, 5.74) is -0.457. The van der Waals surface area contributed by atoms with Crippen LogP contribution >= 0.6 is 0 Å². The van der Waals surface area contributed by atoms with Gasteiger partial charge in [0.2, 0.25) is 11.6 Å². The summed E-state index contributed by atoms with van der Waals surface area (Å²) in [5.74, 6) is -1.24. The summed E-state index contributed by atoms with van der Waals surface area (Å²) in [6.45, 7) is 0. The molecular formula is C11H7N3O5. The molecule has 8 heteroatoms. The van der Waals surface area contributed by atoms with E-state index in [4.69, 9.17) is 9.84 Å². The number of nitro benzene ring substituents is 1. The number of aromatic carboxylic acids is 1. The Morgan fingerprint density at radius 1 is 1.26 bits per heavy atom. The average Bonchev–Trinajstić information content (AvgIpc) is 2.39. The first-order chi connectivity index (χ1) is 9.08. The van der Waals surface area contributed by atoms with E-state index in [1.165, 1.54) is 18.2 Å². The maximum absolute atomic E-state index is 10.8. The summed E-state index contributed by atoms with van der Waals surface area (Å²) in [6.07, 6.45) is 2.09. The maximum atomic E-state index is 10.8. The predicted molar refractivity (Wildman–Crippen MR) is 62.2 cm³/mol. The smallest absolute Gasteiger partial charge is 0.356 e. The largest absolute Gasteiger partial charge is 0.476 e. The third-order valence-corrected chi connectivity index (χ3v) is 2.12. The lowest BCUT2D eigenvalue weighted by Crippen LogP contribution is -2.01. The van der Waals surface area contributed by atoms with Crippen molar-refractivity contribution in [3.63, 3.8) is 0 Å². The average molecular weight is 261 g/mol. The van der Waals surface area contributed by atoms with E-state index in [0.29, 0.717) is 0 Å². The Morgan fingerprint density at radius 2 is 2.00 bits per heavy atom. The van der Waals surface area contributed by atoms with Crippen molar-refractivity contribution in [2.75, 3.05) is 0 Å². The monoisotopic (exact) mass is 261 g/mol. The van der Waals surface area contributed by atoms with Crippen LogP contribution in [0.3, 0.4) is 0 Å². The molecule has 1 N–H and O–H groups in total. The van der Waals surface area contributed by atoms with Crippen molar-refractivity contribution in [1.82, 2.24) is 9.97 Å². The van der Waals surface area contributed by atoms with Crippen LogP contribution in [0.25, 0.3) is 0 Å². The molecule has 0 spiro atoms. The normalized spacial score (nSPS) is 9.89. The number of carboxylic acids is 1. The summed E-state index contributed by atoms with van der Waals surface area (Å²) < 4.78 is 5.20. The lowest BCUT2D eigenvalue weighted by Gasteiger charge is -2.04. The van der Waals surface area contributed by atoms with Gasteiger partial charge in [0.05, 0.1) is 17.3 Å². The molecule has 0 saturated heterocycles. The minimum Gasteiger partial charge on any atom is -0.476 e. The van der Waals surface area contributed by atoms with Crippen LogP contribution in [-0.4, -0.2) is 26.0 Å². The molecule has 0 aliphatic carbocycles. The second-order valence-electron chi connectivity index (χ2n) is 3.37. The summed E-state index contributed by atoms with van der Waals surface area (Å²) in [7, 11) is 0. The van der Waals surface area contributed by atoms with Gasteiger partial charge in [0, 0.05) is 6.07 Å². The fourth-order valence-corrected chi connectivity index (χ4v) is 1.29. The van der Waals surface area contributed by atoms with Crippen LogP contribution in [0.5, 0.6) is 11.6 Å². The molecule has 0 bridgehead atoms. The molecule has 1 aromatic heterocycles. The predicted octanol–water partition coefficient (Wildman–Crippen LogP) is 1.88. The van der Waals surface area contributed by atoms with Crippen molar-refractivity contribution < 1.29 is 19.6 Å². The van der Waals surface area contributed by atoms with Crippen LogP contribution in [-0.2, 0) is 0 Å². The van der Waals surface area contributed by atoms with Crippen LogP contribution in [0.2, 0.25) is 0 Å². The molecule has 96 valence electrons. The van der Waals surface area contributed by atoms with Crippen LogP contribution in [0, 0.1) is 10.1 Å². The zero-order valence-electron chi connectivity index (χ0n) is 9.39. The fourth-order valence-electron chi connectivity index (χ4n) is 1.29. The summed E-state index contributed by atoms with van der Waals surface area (Å²) in [5, 5.41) is 19.4. The SMILES string of the molecule is O=C(O)c1cnc(Oc2ccccc2[N+](=O)[O-])cn1. The molecular weight excluding hydrogens is 254 g/mol. The number of para-hydroxylation sites is 2. The van der Waals surface area contributed by atoms with E-state index >= 15 is 0 Å². The molecule has 19 heavy (non-hydrogen) atoms. The number of nitrogens with zero attached hydrogens (tertiary/aromatic N) is 3. The van der Waals surface area contributed by atoms with Gasteiger partial charge >= 0.3 is 11.7 Å². The van der Waals surface area contributed by atoms with Crippen LogP contribution in [0.4, 0.5) is 5.69 Å². The molecule has 0 aliphatic heterocycles. The molecule has 2 aromatic rings. The molecule has 0 radical (unpaired) electrons. The Hall–Kier alpha value is -3.03. The van der Waals surface area contributed by atoms with Crippen molar-refractivity contribution in [3.8, 4) is 11.6 Å². The van der Waals surface area contributed by atoms with E-state index in [1.54, 1.807) is 6.07 Å². The van der Waals surface area contributed by atoms with Gasteiger partial charge in [-0.15, -0.1) is 0 Å². The van der Waals surface area contributed by atoms with Crippen LogP contribution < -0.4 is 4.74 Å². The molecule has 1 heterocycles. The summed E-state index contributed by atoms with van der Waals surface area (Å²) in [6, 6.07) is 5.77. The van der Waals surface area contributed by atoms with Gasteiger partial charge in [0.15, 0.2) is 5.69 Å². The van der Waals surface area contributed by atoms with Gasteiger partial charge in [-0.05, 0) is 6.07 Å². The Labute approximate surface area is 106 Å². The van der Waals surface area contributed by atoms with E-state index in [1.807, 2.05) is 0 Å². The Kier molecular flexibility index (Phi) is 3.33. The number of benzene rings is 1. The lowest BCUT2D eigenvalue weighted by atomic mass is 10.3. The zero-order valence-corrected chi connectivity index (χ0v) is 9.39. The third-order valence-electron chi connectivity index (χ3n) is 2.12. The summed E-state index contributed by atoms with van der Waals surface area (Å²) in [4.78, 5) is 28.1. The topological polar surface area (TPSA) is 115 Å². The highest BCUT2D eigenvalue weighted by atomic mass is 16.6. The molecule has 0 atom stereocenters. The number of hydrogen-bond acceptors (Lipinski definition) is 6. The fraction of sp³-hybridized carbons (Fsp3) is 0. The van der Waals surface area contributed by atoms with E-state index in [-0.39, 0.29) is 23.0 Å². The highest BCUT2D eigenvalue weighted by molar-refractivity contribution is 5.84. The number of ether oxygens (including phenoxy) is 1. The molecule has 0 fully saturated rings.